The summed E-state index contributed by atoms with van der Waals surface area (Å²) in [6, 6.07) is 8.87. The Morgan fingerprint density at radius 3 is 2.50 bits per heavy atom. The Bertz CT molecular complexity index is 845. The summed E-state index contributed by atoms with van der Waals surface area (Å²) >= 11 is 0. The van der Waals surface area contributed by atoms with Gasteiger partial charge in [0.2, 0.25) is 0 Å². The van der Waals surface area contributed by atoms with Gasteiger partial charge in [-0.15, -0.1) is 0 Å². The van der Waals surface area contributed by atoms with Crippen LogP contribution in [0, 0.1) is 0 Å². The molecule has 1 aromatic carbocycles. The van der Waals surface area contributed by atoms with E-state index in [1.165, 1.54) is 0 Å². The molecule has 0 radical (unpaired) electrons. The first-order valence-corrected chi connectivity index (χ1v) is 9.41. The molecule has 0 bridgehead atoms. The third-order valence-corrected chi connectivity index (χ3v) is 5.14. The van der Waals surface area contributed by atoms with Gasteiger partial charge in [0.25, 0.3) is 12.3 Å². The standard InChI is InChI=1S/C20H22F2N4O2/c1-28-17-5-3-2-4-16(17)25-8-10-26(11-9-25)20(27)15-12-14(18(21)22)23-19(24-15)13-6-7-13/h2-5,12-13,18H,6-11H2,1H3. The monoisotopic (exact) mass is 388 g/mol. The quantitative estimate of drug-likeness (QED) is 0.787. The average Bonchev–Trinajstić information content (AvgIpc) is 3.58. The van der Waals surface area contributed by atoms with E-state index in [0.717, 1.165) is 30.3 Å². The molecule has 2 heterocycles. The highest BCUT2D eigenvalue weighted by atomic mass is 19.3. The predicted molar refractivity (Wildman–Crippen MR) is 100 cm³/mol. The van der Waals surface area contributed by atoms with Crippen LogP contribution in [0.4, 0.5) is 14.5 Å². The van der Waals surface area contributed by atoms with Crippen LogP contribution >= 0.6 is 0 Å². The van der Waals surface area contributed by atoms with E-state index in [2.05, 4.69) is 14.9 Å². The molecular weight excluding hydrogens is 366 g/mol. The van der Waals surface area contributed by atoms with Crippen molar-refractivity contribution in [2.75, 3.05) is 38.2 Å². The van der Waals surface area contributed by atoms with Crippen molar-refractivity contribution < 1.29 is 18.3 Å². The highest BCUT2D eigenvalue weighted by Crippen LogP contribution is 2.38. The molecule has 1 saturated carbocycles. The summed E-state index contributed by atoms with van der Waals surface area (Å²) in [5, 5.41) is 0. The first-order valence-electron chi connectivity index (χ1n) is 9.41. The van der Waals surface area contributed by atoms with Gasteiger partial charge in [0.05, 0.1) is 12.8 Å². The molecule has 6 nitrogen and oxygen atoms in total. The molecule has 1 aliphatic carbocycles. The number of piperazine rings is 1. The van der Waals surface area contributed by atoms with Crippen molar-refractivity contribution in [1.82, 2.24) is 14.9 Å². The van der Waals surface area contributed by atoms with Crippen molar-refractivity contribution in [3.8, 4) is 5.75 Å². The van der Waals surface area contributed by atoms with Crippen molar-refractivity contribution in [3.05, 3.63) is 47.5 Å². The zero-order chi connectivity index (χ0) is 19.7. The van der Waals surface area contributed by atoms with Gasteiger partial charge in [0.1, 0.15) is 23.0 Å². The fraction of sp³-hybridized carbons (Fsp3) is 0.450. The van der Waals surface area contributed by atoms with E-state index in [4.69, 9.17) is 4.74 Å². The lowest BCUT2D eigenvalue weighted by Crippen LogP contribution is -2.49. The summed E-state index contributed by atoms with van der Waals surface area (Å²) in [5.41, 5.74) is 0.681. The summed E-state index contributed by atoms with van der Waals surface area (Å²) < 4.78 is 31.8. The number of carbonyl (C=O) groups is 1. The molecule has 0 unspecified atom stereocenters. The van der Waals surface area contributed by atoms with Crippen LogP contribution in [0.3, 0.4) is 0 Å². The van der Waals surface area contributed by atoms with Crippen LogP contribution < -0.4 is 9.64 Å². The maximum atomic E-state index is 13.2. The minimum absolute atomic E-state index is 0.0675. The molecule has 1 amide bonds. The van der Waals surface area contributed by atoms with Gasteiger partial charge < -0.3 is 14.5 Å². The number of rotatable bonds is 5. The normalized spacial score (nSPS) is 17.1. The van der Waals surface area contributed by atoms with Crippen LogP contribution in [0.1, 0.15) is 47.2 Å². The minimum Gasteiger partial charge on any atom is -0.495 e. The second kappa shape index (κ2) is 7.69. The fourth-order valence-corrected chi connectivity index (χ4v) is 3.43. The summed E-state index contributed by atoms with van der Waals surface area (Å²) in [4.78, 5) is 24.9. The van der Waals surface area contributed by atoms with Crippen LogP contribution in [-0.4, -0.2) is 54.1 Å². The van der Waals surface area contributed by atoms with E-state index in [1.807, 2.05) is 24.3 Å². The van der Waals surface area contributed by atoms with Crippen molar-refractivity contribution >= 4 is 11.6 Å². The van der Waals surface area contributed by atoms with E-state index in [1.54, 1.807) is 12.0 Å². The van der Waals surface area contributed by atoms with E-state index in [-0.39, 0.29) is 23.2 Å². The van der Waals surface area contributed by atoms with Crippen LogP contribution in [0.5, 0.6) is 5.75 Å². The van der Waals surface area contributed by atoms with Gasteiger partial charge in [-0.3, -0.25) is 4.79 Å². The zero-order valence-corrected chi connectivity index (χ0v) is 15.6. The molecule has 2 aliphatic rings. The smallest absolute Gasteiger partial charge is 0.280 e. The maximum Gasteiger partial charge on any atom is 0.280 e. The zero-order valence-electron chi connectivity index (χ0n) is 15.6. The number of nitrogens with zero attached hydrogens (tertiary/aromatic N) is 4. The lowest BCUT2D eigenvalue weighted by molar-refractivity contribution is 0.0739. The summed E-state index contributed by atoms with van der Waals surface area (Å²) in [7, 11) is 1.63. The van der Waals surface area contributed by atoms with E-state index < -0.39 is 6.43 Å². The number of hydrogen-bond acceptors (Lipinski definition) is 5. The van der Waals surface area contributed by atoms with Crippen LogP contribution in [0.2, 0.25) is 0 Å². The van der Waals surface area contributed by atoms with E-state index >= 15 is 0 Å². The highest BCUT2D eigenvalue weighted by Gasteiger charge is 2.31. The summed E-state index contributed by atoms with van der Waals surface area (Å²) in [6.07, 6.45) is -0.940. The SMILES string of the molecule is COc1ccccc1N1CCN(C(=O)c2cc(C(F)F)nc(C3CC3)n2)CC1. The second-order valence-corrected chi connectivity index (χ2v) is 7.06. The van der Waals surface area contributed by atoms with E-state index in [0.29, 0.717) is 32.0 Å². The van der Waals surface area contributed by atoms with Crippen LogP contribution in [0.15, 0.2) is 30.3 Å². The number of benzene rings is 1. The van der Waals surface area contributed by atoms with Crippen LogP contribution in [-0.2, 0) is 0 Å². The first-order chi connectivity index (χ1) is 13.6. The van der Waals surface area contributed by atoms with Crippen molar-refractivity contribution in [2.45, 2.75) is 25.2 Å². The number of halogens is 2. The lowest BCUT2D eigenvalue weighted by Gasteiger charge is -2.36. The van der Waals surface area contributed by atoms with Crippen molar-refractivity contribution in [3.63, 3.8) is 0 Å². The topological polar surface area (TPSA) is 58.6 Å². The number of ether oxygens (including phenoxy) is 1. The lowest BCUT2D eigenvalue weighted by atomic mass is 10.2. The summed E-state index contributed by atoms with van der Waals surface area (Å²) in [5.74, 6) is 0.945. The molecule has 2 aromatic rings. The molecular formula is C20H22F2N4O2. The van der Waals surface area contributed by atoms with Gasteiger partial charge in [0.15, 0.2) is 0 Å². The number of para-hydroxylation sites is 2. The Hall–Kier alpha value is -2.77. The van der Waals surface area contributed by atoms with Crippen molar-refractivity contribution in [1.29, 1.82) is 0 Å². The molecule has 1 aromatic heterocycles. The fourth-order valence-electron chi connectivity index (χ4n) is 3.43. The highest BCUT2D eigenvalue weighted by molar-refractivity contribution is 5.92. The Kier molecular flexibility index (Phi) is 5.11. The Morgan fingerprint density at radius 1 is 1.14 bits per heavy atom. The number of carbonyl (C=O) groups excluding carboxylic acids is 1. The maximum absolute atomic E-state index is 13.2. The first kappa shape index (κ1) is 18.6. The molecule has 0 atom stereocenters. The van der Waals surface area contributed by atoms with Gasteiger partial charge in [0, 0.05) is 32.1 Å². The van der Waals surface area contributed by atoms with Crippen molar-refractivity contribution in [2.24, 2.45) is 0 Å². The van der Waals surface area contributed by atoms with Gasteiger partial charge in [-0.05, 0) is 31.0 Å². The molecule has 4 rings (SSSR count). The van der Waals surface area contributed by atoms with E-state index in [9.17, 15) is 13.6 Å². The Balaban J connectivity index is 1.48. The average molecular weight is 388 g/mol. The second-order valence-electron chi connectivity index (χ2n) is 7.06. The van der Waals surface area contributed by atoms with Gasteiger partial charge in [-0.25, -0.2) is 18.7 Å². The molecule has 0 spiro atoms. The number of aromatic nitrogens is 2. The number of alkyl halides is 2. The molecule has 2 fully saturated rings. The Labute approximate surface area is 162 Å². The number of amides is 1. The van der Waals surface area contributed by atoms with Gasteiger partial charge >= 0.3 is 0 Å². The molecule has 148 valence electrons. The molecule has 1 saturated heterocycles. The largest absolute Gasteiger partial charge is 0.495 e. The third-order valence-electron chi connectivity index (χ3n) is 5.14. The predicted octanol–water partition coefficient (Wildman–Crippen LogP) is 3.26. The van der Waals surface area contributed by atoms with Gasteiger partial charge in [-0.2, -0.15) is 0 Å². The number of hydrogen-bond donors (Lipinski definition) is 0. The molecule has 1 aliphatic heterocycles. The number of methoxy groups -OCH3 is 1. The molecule has 28 heavy (non-hydrogen) atoms. The van der Waals surface area contributed by atoms with Crippen LogP contribution in [0.25, 0.3) is 0 Å². The molecule has 8 heteroatoms. The Morgan fingerprint density at radius 2 is 1.86 bits per heavy atom. The molecule has 0 N–H and O–H groups in total. The number of anilines is 1. The van der Waals surface area contributed by atoms with Gasteiger partial charge in [-0.1, -0.05) is 12.1 Å². The third kappa shape index (κ3) is 3.76. The summed E-state index contributed by atoms with van der Waals surface area (Å²) in [6.45, 7) is 2.25. The minimum atomic E-state index is -2.71.